The van der Waals surface area contributed by atoms with Crippen molar-refractivity contribution in [3.8, 4) is 5.75 Å². The molecule has 0 aliphatic heterocycles. The molecule has 0 atom stereocenters. The maximum absolute atomic E-state index is 11.5. The van der Waals surface area contributed by atoms with Gasteiger partial charge in [-0.1, -0.05) is 60.1 Å². The molecule has 0 bridgehead atoms. The van der Waals surface area contributed by atoms with Crippen molar-refractivity contribution < 1.29 is 9.53 Å². The molecule has 0 saturated carbocycles. The smallest absolute Gasteiger partial charge is 0.217 e. The Bertz CT molecular complexity index is 1250. The maximum Gasteiger partial charge on any atom is 0.217 e. The molecule has 0 saturated heterocycles. The summed E-state index contributed by atoms with van der Waals surface area (Å²) in [6.45, 7) is 2.33. The number of ether oxygens (including phenoxy) is 1. The van der Waals surface area contributed by atoms with E-state index in [1.807, 2.05) is 84.9 Å². The average molecular weight is 443 g/mol. The summed E-state index contributed by atoms with van der Waals surface area (Å²) in [5.41, 5.74) is 4.84. The van der Waals surface area contributed by atoms with E-state index in [2.05, 4.69) is 16.4 Å². The van der Waals surface area contributed by atoms with Crippen molar-refractivity contribution in [2.24, 2.45) is 0 Å². The standard InChI is InChI=1S/C27H23ClN2O2/c1-19(31)29-17-23(16-20-6-11-24(28)12-7-20)21-9-14-26(15-10-21)32-18-25-13-8-22-4-2-3-5-27(22)30-25/h2-16H,17-18H2,1H3,(H,29,31). The summed E-state index contributed by atoms with van der Waals surface area (Å²) in [5.74, 6) is 0.684. The van der Waals surface area contributed by atoms with Crippen LogP contribution in [-0.2, 0) is 11.4 Å². The van der Waals surface area contributed by atoms with Gasteiger partial charge in [0.05, 0.1) is 11.2 Å². The number of aromatic nitrogens is 1. The number of carbonyl (C=O) groups is 1. The molecule has 0 fully saturated rings. The minimum atomic E-state index is -0.0742. The molecular formula is C27H23ClN2O2. The Morgan fingerprint density at radius 2 is 1.72 bits per heavy atom. The molecule has 4 nitrogen and oxygen atoms in total. The quantitative estimate of drug-likeness (QED) is 0.349. The fourth-order valence-corrected chi connectivity index (χ4v) is 3.45. The van der Waals surface area contributed by atoms with Gasteiger partial charge in [-0.25, -0.2) is 4.98 Å². The molecule has 0 spiro atoms. The van der Waals surface area contributed by atoms with Crippen molar-refractivity contribution in [2.75, 3.05) is 6.54 Å². The van der Waals surface area contributed by atoms with Crippen LogP contribution < -0.4 is 10.1 Å². The van der Waals surface area contributed by atoms with Crippen LogP contribution in [-0.4, -0.2) is 17.4 Å². The van der Waals surface area contributed by atoms with Crippen LogP contribution in [0.1, 0.15) is 23.7 Å². The summed E-state index contributed by atoms with van der Waals surface area (Å²) in [6, 6.07) is 27.5. The topological polar surface area (TPSA) is 51.2 Å². The van der Waals surface area contributed by atoms with Crippen LogP contribution >= 0.6 is 11.6 Å². The third kappa shape index (κ3) is 5.74. The number of amides is 1. The van der Waals surface area contributed by atoms with Crippen molar-refractivity contribution in [1.82, 2.24) is 10.3 Å². The lowest BCUT2D eigenvalue weighted by Gasteiger charge is -2.11. The average Bonchev–Trinajstić information content (AvgIpc) is 2.82. The lowest BCUT2D eigenvalue weighted by molar-refractivity contribution is -0.118. The molecule has 0 radical (unpaired) electrons. The molecule has 0 aliphatic rings. The molecule has 3 aromatic carbocycles. The first kappa shape index (κ1) is 21.6. The molecule has 5 heteroatoms. The molecular weight excluding hydrogens is 420 g/mol. The molecule has 0 aliphatic carbocycles. The van der Waals surface area contributed by atoms with Gasteiger partial charge in [0, 0.05) is 23.9 Å². The van der Waals surface area contributed by atoms with Gasteiger partial charge in [-0.05, 0) is 59.2 Å². The zero-order valence-electron chi connectivity index (χ0n) is 17.7. The molecule has 4 aromatic rings. The van der Waals surface area contributed by atoms with Crippen LogP contribution in [0, 0.1) is 0 Å². The third-order valence-electron chi connectivity index (χ3n) is 5.01. The molecule has 160 valence electrons. The predicted octanol–water partition coefficient (Wildman–Crippen LogP) is 6.14. The molecule has 0 unspecified atom stereocenters. The summed E-state index contributed by atoms with van der Waals surface area (Å²) < 4.78 is 5.94. The lowest BCUT2D eigenvalue weighted by Crippen LogP contribution is -2.21. The number of nitrogens with one attached hydrogen (secondary N) is 1. The van der Waals surface area contributed by atoms with E-state index >= 15 is 0 Å². The van der Waals surface area contributed by atoms with Crippen molar-refractivity contribution in [2.45, 2.75) is 13.5 Å². The van der Waals surface area contributed by atoms with Crippen molar-refractivity contribution in [3.05, 3.63) is 107 Å². The number of hydrogen-bond donors (Lipinski definition) is 1. The number of nitrogens with zero attached hydrogens (tertiary/aromatic N) is 1. The first-order valence-electron chi connectivity index (χ1n) is 10.4. The van der Waals surface area contributed by atoms with E-state index in [0.717, 1.165) is 39.0 Å². The zero-order valence-corrected chi connectivity index (χ0v) is 18.5. The largest absolute Gasteiger partial charge is 0.487 e. The SMILES string of the molecule is CC(=O)NCC(=Cc1ccc(Cl)cc1)c1ccc(OCc2ccc3ccccc3n2)cc1. The second kappa shape index (κ2) is 10.1. The molecule has 1 N–H and O–H groups in total. The lowest BCUT2D eigenvalue weighted by atomic mass is 10.0. The minimum absolute atomic E-state index is 0.0742. The third-order valence-corrected chi connectivity index (χ3v) is 5.26. The molecule has 4 rings (SSSR count). The highest BCUT2D eigenvalue weighted by Gasteiger charge is 2.06. The Kier molecular flexibility index (Phi) is 6.83. The van der Waals surface area contributed by atoms with Gasteiger partial charge in [0.2, 0.25) is 5.91 Å². The molecule has 1 amide bonds. The van der Waals surface area contributed by atoms with Crippen LogP contribution in [0.5, 0.6) is 5.75 Å². The first-order chi connectivity index (χ1) is 15.6. The van der Waals surface area contributed by atoms with Gasteiger partial charge in [-0.15, -0.1) is 0 Å². The van der Waals surface area contributed by atoms with Gasteiger partial charge in [-0.2, -0.15) is 0 Å². The number of halogens is 1. The molecule has 1 heterocycles. The highest BCUT2D eigenvalue weighted by atomic mass is 35.5. The first-order valence-corrected chi connectivity index (χ1v) is 10.7. The van der Waals surface area contributed by atoms with Gasteiger partial charge < -0.3 is 10.1 Å². The van der Waals surface area contributed by atoms with E-state index in [0.29, 0.717) is 18.2 Å². The van der Waals surface area contributed by atoms with Crippen molar-refractivity contribution in [3.63, 3.8) is 0 Å². The number of fused-ring (bicyclic) bond motifs is 1. The van der Waals surface area contributed by atoms with Gasteiger partial charge in [0.1, 0.15) is 12.4 Å². The van der Waals surface area contributed by atoms with Crippen LogP contribution in [0.15, 0.2) is 84.9 Å². The van der Waals surface area contributed by atoms with E-state index in [4.69, 9.17) is 16.3 Å². The monoisotopic (exact) mass is 442 g/mol. The predicted molar refractivity (Wildman–Crippen MR) is 131 cm³/mol. The Morgan fingerprint density at radius 3 is 2.47 bits per heavy atom. The van der Waals surface area contributed by atoms with Crippen LogP contribution in [0.4, 0.5) is 0 Å². The molecule has 1 aromatic heterocycles. The second-order valence-electron chi connectivity index (χ2n) is 7.44. The highest BCUT2D eigenvalue weighted by Crippen LogP contribution is 2.23. The Morgan fingerprint density at radius 1 is 0.969 bits per heavy atom. The van der Waals surface area contributed by atoms with Crippen LogP contribution in [0.25, 0.3) is 22.6 Å². The van der Waals surface area contributed by atoms with Gasteiger partial charge in [-0.3, -0.25) is 4.79 Å². The summed E-state index contributed by atoms with van der Waals surface area (Å²) in [5, 5.41) is 4.68. The van der Waals surface area contributed by atoms with Crippen molar-refractivity contribution >= 4 is 40.1 Å². The number of para-hydroxylation sites is 1. The molecule has 32 heavy (non-hydrogen) atoms. The van der Waals surface area contributed by atoms with Gasteiger partial charge >= 0.3 is 0 Å². The Labute approximate surface area is 192 Å². The summed E-state index contributed by atoms with van der Waals surface area (Å²) in [4.78, 5) is 16.1. The van der Waals surface area contributed by atoms with Crippen LogP contribution in [0.2, 0.25) is 5.02 Å². The normalized spacial score (nSPS) is 11.4. The van der Waals surface area contributed by atoms with E-state index in [-0.39, 0.29) is 5.91 Å². The summed E-state index contributed by atoms with van der Waals surface area (Å²) in [6.07, 6.45) is 2.04. The number of hydrogen-bond acceptors (Lipinski definition) is 3. The Hall–Kier alpha value is -3.63. The van der Waals surface area contributed by atoms with Crippen molar-refractivity contribution in [1.29, 1.82) is 0 Å². The minimum Gasteiger partial charge on any atom is -0.487 e. The summed E-state index contributed by atoms with van der Waals surface area (Å²) >= 11 is 5.99. The van der Waals surface area contributed by atoms with Crippen LogP contribution in [0.3, 0.4) is 0 Å². The van der Waals surface area contributed by atoms with E-state index in [9.17, 15) is 4.79 Å². The summed E-state index contributed by atoms with van der Waals surface area (Å²) in [7, 11) is 0. The van der Waals surface area contributed by atoms with E-state index in [1.165, 1.54) is 6.92 Å². The van der Waals surface area contributed by atoms with E-state index in [1.54, 1.807) is 0 Å². The van der Waals surface area contributed by atoms with E-state index < -0.39 is 0 Å². The number of benzene rings is 3. The maximum atomic E-state index is 11.5. The van der Waals surface area contributed by atoms with Gasteiger partial charge in [0.25, 0.3) is 0 Å². The van der Waals surface area contributed by atoms with Gasteiger partial charge in [0.15, 0.2) is 0 Å². The fraction of sp³-hybridized carbons (Fsp3) is 0.111. The second-order valence-corrected chi connectivity index (χ2v) is 7.88. The number of carbonyl (C=O) groups excluding carboxylic acids is 1. The highest BCUT2D eigenvalue weighted by molar-refractivity contribution is 6.30. The fourth-order valence-electron chi connectivity index (χ4n) is 3.33. The zero-order chi connectivity index (χ0) is 22.3. The number of pyridine rings is 1. The number of rotatable bonds is 7. The Balaban J connectivity index is 1.48.